The molecule has 0 aliphatic carbocycles. The molecule has 2 N–H and O–H groups in total. The van der Waals surface area contributed by atoms with Crippen molar-refractivity contribution in [3.05, 3.63) is 48.2 Å². The molecule has 0 saturated carbocycles. The molecule has 1 fully saturated rings. The average Bonchev–Trinajstić information content (AvgIpc) is 3.10. The number of H-pyrrole nitrogens is 1. The van der Waals surface area contributed by atoms with Crippen molar-refractivity contribution in [1.29, 1.82) is 0 Å². The molecule has 0 radical (unpaired) electrons. The molecular weight excluding hydrogens is 312 g/mol. The van der Waals surface area contributed by atoms with Gasteiger partial charge in [-0.3, -0.25) is 0 Å². The van der Waals surface area contributed by atoms with Crippen LogP contribution in [0.25, 0.3) is 11.0 Å². The Morgan fingerprint density at radius 1 is 1.12 bits per heavy atom. The maximum atomic E-state index is 4.56. The molecule has 0 unspecified atom stereocenters. The molecule has 1 saturated heterocycles. The SMILES string of the molecule is CCN1CCN(c2cc(CNc3nc4ccccc4[nH]3)ccn2)CC1. The van der Waals surface area contributed by atoms with Crippen molar-refractivity contribution < 1.29 is 0 Å². The summed E-state index contributed by atoms with van der Waals surface area (Å²) in [4.78, 5) is 17.3. The van der Waals surface area contributed by atoms with Gasteiger partial charge in [-0.05, 0) is 36.4 Å². The number of hydrogen-bond acceptors (Lipinski definition) is 5. The fraction of sp³-hybridized carbons (Fsp3) is 0.368. The molecule has 4 rings (SSSR count). The van der Waals surface area contributed by atoms with Crippen LogP contribution in [0.5, 0.6) is 0 Å². The highest BCUT2D eigenvalue weighted by atomic mass is 15.3. The van der Waals surface area contributed by atoms with Crippen molar-refractivity contribution >= 4 is 22.8 Å². The van der Waals surface area contributed by atoms with E-state index in [0.29, 0.717) is 0 Å². The van der Waals surface area contributed by atoms with Crippen LogP contribution in [0.3, 0.4) is 0 Å². The number of nitrogens with zero attached hydrogens (tertiary/aromatic N) is 4. The highest BCUT2D eigenvalue weighted by Gasteiger charge is 2.16. The second-order valence-corrected chi connectivity index (χ2v) is 6.40. The lowest BCUT2D eigenvalue weighted by molar-refractivity contribution is 0.270. The minimum Gasteiger partial charge on any atom is -0.354 e. The van der Waals surface area contributed by atoms with Gasteiger partial charge in [0.05, 0.1) is 11.0 Å². The summed E-state index contributed by atoms with van der Waals surface area (Å²) in [7, 11) is 0. The lowest BCUT2D eigenvalue weighted by Gasteiger charge is -2.34. The second kappa shape index (κ2) is 7.11. The molecule has 2 aromatic heterocycles. The third-order valence-electron chi connectivity index (χ3n) is 4.80. The summed E-state index contributed by atoms with van der Waals surface area (Å²) in [5.74, 6) is 1.87. The summed E-state index contributed by atoms with van der Waals surface area (Å²) >= 11 is 0. The van der Waals surface area contributed by atoms with Crippen molar-refractivity contribution in [3.63, 3.8) is 0 Å². The first-order chi connectivity index (χ1) is 12.3. The lowest BCUT2D eigenvalue weighted by Crippen LogP contribution is -2.46. The van der Waals surface area contributed by atoms with E-state index < -0.39 is 0 Å². The van der Waals surface area contributed by atoms with E-state index in [1.54, 1.807) is 0 Å². The van der Waals surface area contributed by atoms with Crippen molar-refractivity contribution in [3.8, 4) is 0 Å². The van der Waals surface area contributed by atoms with Crippen LogP contribution in [0.2, 0.25) is 0 Å². The zero-order valence-corrected chi connectivity index (χ0v) is 14.6. The van der Waals surface area contributed by atoms with Crippen LogP contribution in [-0.2, 0) is 6.54 Å². The smallest absolute Gasteiger partial charge is 0.201 e. The number of aromatic amines is 1. The monoisotopic (exact) mass is 336 g/mol. The van der Waals surface area contributed by atoms with E-state index in [0.717, 1.165) is 62.1 Å². The number of para-hydroxylation sites is 2. The molecule has 130 valence electrons. The molecule has 25 heavy (non-hydrogen) atoms. The van der Waals surface area contributed by atoms with Crippen LogP contribution >= 0.6 is 0 Å². The standard InChI is InChI=1S/C19H24N6/c1-2-24-9-11-25(12-10-24)18-13-15(7-8-20-18)14-21-19-22-16-5-3-4-6-17(16)23-19/h3-8,13H,2,9-12,14H2,1H3,(H2,21,22,23). The Balaban J connectivity index is 1.41. The number of aromatic nitrogens is 3. The third-order valence-corrected chi connectivity index (χ3v) is 4.80. The summed E-state index contributed by atoms with van der Waals surface area (Å²) < 4.78 is 0. The number of pyridine rings is 1. The number of piperazine rings is 1. The first-order valence-electron chi connectivity index (χ1n) is 8.92. The van der Waals surface area contributed by atoms with E-state index in [-0.39, 0.29) is 0 Å². The van der Waals surface area contributed by atoms with Gasteiger partial charge in [0.1, 0.15) is 5.82 Å². The Bertz CT molecular complexity index is 802. The van der Waals surface area contributed by atoms with E-state index in [1.165, 1.54) is 5.56 Å². The molecule has 0 bridgehead atoms. The van der Waals surface area contributed by atoms with Crippen LogP contribution in [0.1, 0.15) is 12.5 Å². The Morgan fingerprint density at radius 2 is 1.96 bits per heavy atom. The maximum absolute atomic E-state index is 4.56. The van der Waals surface area contributed by atoms with Crippen LogP contribution in [0.4, 0.5) is 11.8 Å². The predicted molar refractivity (Wildman–Crippen MR) is 102 cm³/mol. The van der Waals surface area contributed by atoms with Crippen LogP contribution in [0, 0.1) is 0 Å². The number of nitrogens with one attached hydrogen (secondary N) is 2. The number of rotatable bonds is 5. The molecule has 0 spiro atoms. The zero-order valence-electron chi connectivity index (χ0n) is 14.6. The Morgan fingerprint density at radius 3 is 2.76 bits per heavy atom. The molecule has 0 atom stereocenters. The molecule has 3 heterocycles. The van der Waals surface area contributed by atoms with Crippen molar-refractivity contribution in [1.82, 2.24) is 19.9 Å². The third kappa shape index (κ3) is 3.58. The van der Waals surface area contributed by atoms with Gasteiger partial charge in [0.25, 0.3) is 0 Å². The van der Waals surface area contributed by atoms with E-state index in [1.807, 2.05) is 30.5 Å². The van der Waals surface area contributed by atoms with E-state index in [9.17, 15) is 0 Å². The summed E-state index contributed by atoms with van der Waals surface area (Å²) in [5.41, 5.74) is 3.24. The normalized spacial score (nSPS) is 15.6. The topological polar surface area (TPSA) is 60.1 Å². The number of fused-ring (bicyclic) bond motifs is 1. The molecule has 1 aromatic carbocycles. The van der Waals surface area contributed by atoms with Crippen LogP contribution in [0.15, 0.2) is 42.6 Å². The molecule has 3 aromatic rings. The van der Waals surface area contributed by atoms with Gasteiger partial charge in [-0.15, -0.1) is 0 Å². The molecule has 6 nitrogen and oxygen atoms in total. The fourth-order valence-corrected chi connectivity index (χ4v) is 3.26. The van der Waals surface area contributed by atoms with Crippen molar-refractivity contribution in [2.24, 2.45) is 0 Å². The van der Waals surface area contributed by atoms with Crippen LogP contribution in [-0.4, -0.2) is 52.6 Å². The second-order valence-electron chi connectivity index (χ2n) is 6.40. The van der Waals surface area contributed by atoms with Gasteiger partial charge in [-0.2, -0.15) is 0 Å². The fourth-order valence-electron chi connectivity index (χ4n) is 3.26. The number of imidazole rings is 1. The first-order valence-corrected chi connectivity index (χ1v) is 8.92. The number of benzene rings is 1. The molecular formula is C19H24N6. The quantitative estimate of drug-likeness (QED) is 0.750. The molecule has 0 amide bonds. The Labute approximate surface area is 147 Å². The van der Waals surface area contributed by atoms with Crippen molar-refractivity contribution in [2.75, 3.05) is 42.9 Å². The first kappa shape index (κ1) is 15.9. The minimum absolute atomic E-state index is 0.726. The Kier molecular flexibility index (Phi) is 4.52. The maximum Gasteiger partial charge on any atom is 0.201 e. The van der Waals surface area contributed by atoms with Crippen molar-refractivity contribution in [2.45, 2.75) is 13.5 Å². The van der Waals surface area contributed by atoms with E-state index in [4.69, 9.17) is 0 Å². The predicted octanol–water partition coefficient (Wildman–Crippen LogP) is 2.71. The zero-order chi connectivity index (χ0) is 17.1. The van der Waals surface area contributed by atoms with Gasteiger partial charge in [-0.1, -0.05) is 19.1 Å². The molecule has 1 aliphatic heterocycles. The lowest BCUT2D eigenvalue weighted by atomic mass is 10.2. The van der Waals surface area contributed by atoms with Gasteiger partial charge in [0.15, 0.2) is 0 Å². The summed E-state index contributed by atoms with van der Waals surface area (Å²) in [6.45, 7) is 8.38. The summed E-state index contributed by atoms with van der Waals surface area (Å²) in [6, 6.07) is 12.3. The number of likely N-dealkylation sites (N-methyl/N-ethyl adjacent to an activating group) is 1. The minimum atomic E-state index is 0.726. The summed E-state index contributed by atoms with van der Waals surface area (Å²) in [5, 5.41) is 3.38. The highest BCUT2D eigenvalue weighted by molar-refractivity contribution is 5.77. The molecule has 1 aliphatic rings. The summed E-state index contributed by atoms with van der Waals surface area (Å²) in [6.07, 6.45) is 1.90. The number of anilines is 2. The Hall–Kier alpha value is -2.60. The van der Waals surface area contributed by atoms with E-state index in [2.05, 4.69) is 49.1 Å². The molecule has 6 heteroatoms. The number of hydrogen-bond donors (Lipinski definition) is 2. The van der Waals surface area contributed by atoms with Gasteiger partial charge in [0, 0.05) is 38.9 Å². The van der Waals surface area contributed by atoms with Gasteiger partial charge >= 0.3 is 0 Å². The highest BCUT2D eigenvalue weighted by Crippen LogP contribution is 2.17. The van der Waals surface area contributed by atoms with Gasteiger partial charge in [-0.25, -0.2) is 9.97 Å². The van der Waals surface area contributed by atoms with Gasteiger partial charge in [0.2, 0.25) is 5.95 Å². The van der Waals surface area contributed by atoms with Crippen LogP contribution < -0.4 is 10.2 Å². The average molecular weight is 336 g/mol. The largest absolute Gasteiger partial charge is 0.354 e. The van der Waals surface area contributed by atoms with E-state index >= 15 is 0 Å². The van der Waals surface area contributed by atoms with Gasteiger partial charge < -0.3 is 20.1 Å².